The molecule has 8 heteroatoms. The summed E-state index contributed by atoms with van der Waals surface area (Å²) in [7, 11) is 0. The molecule has 0 bridgehead atoms. The van der Waals surface area contributed by atoms with Gasteiger partial charge in [0, 0.05) is 11.6 Å². The van der Waals surface area contributed by atoms with E-state index in [1.54, 1.807) is 0 Å². The first-order valence-electron chi connectivity index (χ1n) is 5.47. The van der Waals surface area contributed by atoms with Crippen molar-refractivity contribution in [1.82, 2.24) is 0 Å². The summed E-state index contributed by atoms with van der Waals surface area (Å²) >= 11 is 5.67. The lowest BCUT2D eigenvalue weighted by Gasteiger charge is -2.01. The zero-order valence-corrected chi connectivity index (χ0v) is 10.5. The molecule has 1 saturated carbocycles. The first kappa shape index (κ1) is 13.3. The number of oxime groups is 1. The number of nitrogens with zero attached hydrogens (tertiary/aromatic N) is 2. The van der Waals surface area contributed by atoms with Gasteiger partial charge >= 0.3 is 5.97 Å². The molecule has 0 aliphatic heterocycles. The van der Waals surface area contributed by atoms with Gasteiger partial charge in [-0.05, 0) is 25.0 Å². The number of rotatable bonds is 4. The molecule has 0 aromatic heterocycles. The minimum absolute atomic E-state index is 0.00322. The molecule has 2 rings (SSSR count). The normalized spacial score (nSPS) is 15.1. The standard InChI is InChI=1S/C11H10ClN3O4/c12-8-4-3-7(5-9(8)15(17)18)10(13)14-19-11(16)6-1-2-6/h3-6H,1-2H2,(H2,13,14). The molecule has 1 fully saturated rings. The molecule has 100 valence electrons. The van der Waals surface area contributed by atoms with Crippen LogP contribution in [0.3, 0.4) is 0 Å². The minimum atomic E-state index is -0.630. The van der Waals surface area contributed by atoms with Crippen molar-refractivity contribution in [1.29, 1.82) is 0 Å². The van der Waals surface area contributed by atoms with Crippen molar-refractivity contribution in [2.45, 2.75) is 12.8 Å². The van der Waals surface area contributed by atoms with Gasteiger partial charge in [-0.1, -0.05) is 16.8 Å². The predicted molar refractivity (Wildman–Crippen MR) is 67.6 cm³/mol. The highest BCUT2D eigenvalue weighted by Gasteiger charge is 2.31. The summed E-state index contributed by atoms with van der Waals surface area (Å²) in [5.74, 6) is -0.656. The third kappa shape index (κ3) is 3.19. The molecule has 0 saturated heterocycles. The van der Waals surface area contributed by atoms with Gasteiger partial charge < -0.3 is 10.6 Å². The molecule has 0 amide bonds. The maximum Gasteiger partial charge on any atom is 0.338 e. The number of nitro groups is 1. The van der Waals surface area contributed by atoms with E-state index in [9.17, 15) is 14.9 Å². The summed E-state index contributed by atoms with van der Waals surface area (Å²) < 4.78 is 0. The van der Waals surface area contributed by atoms with Gasteiger partial charge in [0.25, 0.3) is 5.69 Å². The Labute approximate surface area is 113 Å². The van der Waals surface area contributed by atoms with Crippen LogP contribution >= 0.6 is 11.6 Å². The number of benzene rings is 1. The number of carbonyl (C=O) groups is 1. The quantitative estimate of drug-likeness (QED) is 0.298. The van der Waals surface area contributed by atoms with Crippen molar-refractivity contribution in [2.75, 3.05) is 0 Å². The van der Waals surface area contributed by atoms with E-state index >= 15 is 0 Å². The molecular weight excluding hydrogens is 274 g/mol. The third-order valence-corrected chi connectivity index (χ3v) is 2.90. The molecule has 0 heterocycles. The Morgan fingerprint density at radius 1 is 1.53 bits per heavy atom. The van der Waals surface area contributed by atoms with E-state index in [1.165, 1.54) is 18.2 Å². The second kappa shape index (κ2) is 5.23. The maximum absolute atomic E-state index is 11.3. The maximum atomic E-state index is 11.3. The van der Waals surface area contributed by atoms with Crippen molar-refractivity contribution >= 4 is 29.1 Å². The van der Waals surface area contributed by atoms with Crippen LogP contribution in [-0.2, 0) is 9.63 Å². The molecule has 0 spiro atoms. The SMILES string of the molecule is NC(=NOC(=O)C1CC1)c1ccc(Cl)c([N+](=O)[O-])c1. The van der Waals surface area contributed by atoms with Crippen molar-refractivity contribution in [3.8, 4) is 0 Å². The summed E-state index contributed by atoms with van der Waals surface area (Å²) in [5, 5.41) is 14.2. The molecule has 1 aromatic rings. The van der Waals surface area contributed by atoms with Crippen LogP contribution < -0.4 is 5.73 Å². The smallest absolute Gasteiger partial charge is 0.338 e. The first-order valence-corrected chi connectivity index (χ1v) is 5.85. The van der Waals surface area contributed by atoms with Crippen LogP contribution in [0.2, 0.25) is 5.02 Å². The lowest BCUT2D eigenvalue weighted by atomic mass is 10.2. The van der Waals surface area contributed by atoms with Crippen LogP contribution in [0.1, 0.15) is 18.4 Å². The Morgan fingerprint density at radius 2 is 2.21 bits per heavy atom. The number of amidine groups is 1. The molecule has 0 radical (unpaired) electrons. The summed E-state index contributed by atoms with van der Waals surface area (Å²) in [5.41, 5.74) is 5.57. The van der Waals surface area contributed by atoms with Crippen LogP contribution in [0.15, 0.2) is 23.4 Å². The largest absolute Gasteiger partial charge is 0.380 e. The monoisotopic (exact) mass is 283 g/mol. The summed E-state index contributed by atoms with van der Waals surface area (Å²) in [6, 6.07) is 3.96. The molecule has 7 nitrogen and oxygen atoms in total. The fraction of sp³-hybridized carbons (Fsp3) is 0.273. The van der Waals surface area contributed by atoms with Crippen molar-refractivity contribution in [3.63, 3.8) is 0 Å². The van der Waals surface area contributed by atoms with Crippen LogP contribution in [0.4, 0.5) is 5.69 Å². The number of halogens is 1. The fourth-order valence-electron chi connectivity index (χ4n) is 1.35. The Morgan fingerprint density at radius 3 is 2.79 bits per heavy atom. The van der Waals surface area contributed by atoms with Crippen LogP contribution in [0.25, 0.3) is 0 Å². The van der Waals surface area contributed by atoms with Gasteiger partial charge in [-0.2, -0.15) is 0 Å². The van der Waals surface area contributed by atoms with Crippen molar-refractivity contribution < 1.29 is 14.6 Å². The van der Waals surface area contributed by atoms with Crippen molar-refractivity contribution in [3.05, 3.63) is 38.9 Å². The lowest BCUT2D eigenvalue weighted by molar-refractivity contribution is -0.384. The second-order valence-corrected chi connectivity index (χ2v) is 4.49. The summed E-state index contributed by atoms with van der Waals surface area (Å²) in [4.78, 5) is 26.0. The number of carbonyl (C=O) groups excluding carboxylic acids is 1. The van der Waals surface area contributed by atoms with Gasteiger partial charge in [-0.15, -0.1) is 0 Å². The highest BCUT2D eigenvalue weighted by Crippen LogP contribution is 2.30. The molecular formula is C11H10ClN3O4. The van der Waals surface area contributed by atoms with Crippen LogP contribution in [-0.4, -0.2) is 16.7 Å². The van der Waals surface area contributed by atoms with Crippen molar-refractivity contribution in [2.24, 2.45) is 16.8 Å². The molecule has 19 heavy (non-hydrogen) atoms. The molecule has 1 aliphatic rings. The van der Waals surface area contributed by atoms with E-state index < -0.39 is 10.9 Å². The molecule has 1 aromatic carbocycles. The fourth-order valence-corrected chi connectivity index (χ4v) is 1.54. The van der Waals surface area contributed by atoms with Crippen LogP contribution in [0.5, 0.6) is 0 Å². The van der Waals surface area contributed by atoms with Gasteiger partial charge in [-0.3, -0.25) is 10.1 Å². The van der Waals surface area contributed by atoms with E-state index in [2.05, 4.69) is 9.99 Å². The Balaban J connectivity index is 2.15. The number of nitrogens with two attached hydrogens (primary N) is 1. The second-order valence-electron chi connectivity index (χ2n) is 4.08. The summed E-state index contributed by atoms with van der Waals surface area (Å²) in [6.07, 6.45) is 1.58. The first-order chi connectivity index (χ1) is 8.99. The average molecular weight is 284 g/mol. The van der Waals surface area contributed by atoms with Gasteiger partial charge in [0.2, 0.25) is 0 Å². The van der Waals surface area contributed by atoms with E-state index in [-0.39, 0.29) is 28.0 Å². The lowest BCUT2D eigenvalue weighted by Crippen LogP contribution is -2.16. The van der Waals surface area contributed by atoms with Gasteiger partial charge in [0.1, 0.15) is 5.02 Å². The van der Waals surface area contributed by atoms with Gasteiger partial charge in [0.05, 0.1) is 10.8 Å². The molecule has 0 atom stereocenters. The highest BCUT2D eigenvalue weighted by atomic mass is 35.5. The highest BCUT2D eigenvalue weighted by molar-refractivity contribution is 6.32. The number of hydrogen-bond acceptors (Lipinski definition) is 5. The molecule has 1 aliphatic carbocycles. The molecule has 0 unspecified atom stereocenters. The third-order valence-electron chi connectivity index (χ3n) is 2.58. The number of nitro benzene ring substituents is 1. The van der Waals surface area contributed by atoms with E-state index in [0.717, 1.165) is 12.8 Å². The van der Waals surface area contributed by atoms with E-state index in [0.29, 0.717) is 0 Å². The topological polar surface area (TPSA) is 108 Å². The van der Waals surface area contributed by atoms with E-state index in [4.69, 9.17) is 17.3 Å². The predicted octanol–water partition coefficient (Wildman–Crippen LogP) is 1.82. The Bertz CT molecular complexity index is 569. The number of hydrogen-bond donors (Lipinski definition) is 1. The minimum Gasteiger partial charge on any atom is -0.380 e. The van der Waals surface area contributed by atoms with Gasteiger partial charge in [-0.25, -0.2) is 4.79 Å². The Kier molecular flexibility index (Phi) is 3.66. The van der Waals surface area contributed by atoms with Crippen LogP contribution in [0, 0.1) is 16.0 Å². The zero-order valence-electron chi connectivity index (χ0n) is 9.71. The average Bonchev–Trinajstić information content (AvgIpc) is 3.20. The molecule has 2 N–H and O–H groups in total. The van der Waals surface area contributed by atoms with Gasteiger partial charge in [0.15, 0.2) is 5.84 Å². The summed E-state index contributed by atoms with van der Waals surface area (Å²) in [6.45, 7) is 0. The zero-order chi connectivity index (χ0) is 14.0. The Hall–Kier alpha value is -2.15. The van der Waals surface area contributed by atoms with E-state index in [1.807, 2.05) is 0 Å².